The number of hydrogen-bond donors (Lipinski definition) is 0. The maximum absolute atomic E-state index is 14.4. The smallest absolute Gasteiger partial charge is 0.399 e. The van der Waals surface area contributed by atoms with Crippen LogP contribution in [-0.4, -0.2) is 53.8 Å². The van der Waals surface area contributed by atoms with Crippen LogP contribution in [0.1, 0.15) is 33.3 Å². The van der Waals surface area contributed by atoms with E-state index in [-0.39, 0.29) is 11.3 Å². The summed E-state index contributed by atoms with van der Waals surface area (Å²) in [4.78, 5) is 27.3. The first-order valence-corrected chi connectivity index (χ1v) is 9.93. The van der Waals surface area contributed by atoms with Gasteiger partial charge in [0, 0.05) is 0 Å². The second-order valence-electron chi connectivity index (χ2n) is 8.81. The number of hydrogen-bond acceptors (Lipinski definition) is 4. The number of urea groups is 1. The summed E-state index contributed by atoms with van der Waals surface area (Å²) in [5.74, 6) is -0.547. The van der Waals surface area contributed by atoms with Crippen molar-refractivity contribution in [3.63, 3.8) is 0 Å². The Labute approximate surface area is 175 Å². The first kappa shape index (κ1) is 20.7. The standard InChI is InChI=1S/C22H25BFN2O4/c1-13-15(23-29-21(2,3)22(4,5)30-23)10-8-12-17(13)26-19(27)14-9-7-11-16(24)18(14)25(6)20(26)28/h7-12,16H,1-6H3/q+1. The molecule has 1 aliphatic carbocycles. The summed E-state index contributed by atoms with van der Waals surface area (Å²) in [5, 5.41) is 0. The Bertz CT molecular complexity index is 1040. The summed E-state index contributed by atoms with van der Waals surface area (Å²) in [6.45, 7) is 9.68. The number of fused-ring (bicyclic) bond motifs is 1. The highest BCUT2D eigenvalue weighted by molar-refractivity contribution is 6.63. The normalized spacial score (nSPS) is 25.0. The van der Waals surface area contributed by atoms with E-state index in [2.05, 4.69) is 0 Å². The molecule has 0 bridgehead atoms. The molecule has 1 aromatic rings. The van der Waals surface area contributed by atoms with E-state index in [4.69, 9.17) is 9.31 Å². The molecule has 2 aliphatic heterocycles. The van der Waals surface area contributed by atoms with Crippen LogP contribution >= 0.6 is 0 Å². The Morgan fingerprint density at radius 2 is 1.77 bits per heavy atom. The molecule has 0 aromatic heterocycles. The summed E-state index contributed by atoms with van der Waals surface area (Å²) in [7, 11) is 0.848. The lowest BCUT2D eigenvalue weighted by atomic mass is 9.75. The van der Waals surface area contributed by atoms with Gasteiger partial charge in [0.2, 0.25) is 0 Å². The minimum absolute atomic E-state index is 0.0727. The van der Waals surface area contributed by atoms with E-state index >= 15 is 0 Å². The van der Waals surface area contributed by atoms with Crippen LogP contribution < -0.4 is 10.4 Å². The second kappa shape index (κ2) is 6.72. The van der Waals surface area contributed by atoms with Gasteiger partial charge in [-0.25, -0.2) is 9.18 Å². The van der Waals surface area contributed by atoms with Crippen LogP contribution in [0.15, 0.2) is 42.0 Å². The molecule has 1 saturated heterocycles. The molecular formula is C22H25BFN2O4+. The number of carbonyl (C=O) groups excluding carboxylic acids is 2. The van der Waals surface area contributed by atoms with Crippen LogP contribution in [0.3, 0.4) is 0 Å². The quantitative estimate of drug-likeness (QED) is 0.555. The van der Waals surface area contributed by atoms with Crippen molar-refractivity contribution in [1.29, 1.82) is 0 Å². The fourth-order valence-electron chi connectivity index (χ4n) is 3.90. The van der Waals surface area contributed by atoms with Crippen molar-refractivity contribution in [2.75, 3.05) is 11.9 Å². The molecule has 30 heavy (non-hydrogen) atoms. The lowest BCUT2D eigenvalue weighted by molar-refractivity contribution is -0.393. The largest absolute Gasteiger partial charge is 0.506 e. The van der Waals surface area contributed by atoms with Gasteiger partial charge in [-0.1, -0.05) is 18.2 Å². The number of alkyl halides is 1. The number of carbonyl (C=O) groups is 2. The molecule has 0 radical (unpaired) electrons. The summed E-state index contributed by atoms with van der Waals surface area (Å²) in [5.41, 5.74) is 1.07. The van der Waals surface area contributed by atoms with Gasteiger partial charge in [0.05, 0.1) is 18.2 Å². The lowest BCUT2D eigenvalue weighted by Gasteiger charge is -2.32. The number of amides is 3. The minimum atomic E-state index is -1.50. The van der Waals surface area contributed by atoms with E-state index in [1.807, 2.05) is 40.7 Å². The molecule has 1 unspecified atom stereocenters. The van der Waals surface area contributed by atoms with Gasteiger partial charge in [-0.05, 0) is 63.9 Å². The van der Waals surface area contributed by atoms with Crippen LogP contribution in [0.5, 0.6) is 0 Å². The predicted octanol–water partition coefficient (Wildman–Crippen LogP) is 2.68. The van der Waals surface area contributed by atoms with E-state index in [0.29, 0.717) is 11.3 Å². The van der Waals surface area contributed by atoms with E-state index in [9.17, 15) is 14.0 Å². The number of allylic oxidation sites excluding steroid dienone is 3. The van der Waals surface area contributed by atoms with Crippen molar-refractivity contribution in [1.82, 2.24) is 0 Å². The van der Waals surface area contributed by atoms with Gasteiger partial charge < -0.3 is 9.31 Å². The molecule has 8 heteroatoms. The molecule has 3 aliphatic rings. The summed E-state index contributed by atoms with van der Waals surface area (Å²) < 4.78 is 27.9. The monoisotopic (exact) mass is 411 g/mol. The Kier molecular flexibility index (Phi) is 4.63. The maximum Gasteiger partial charge on any atom is 0.506 e. The number of imide groups is 1. The molecule has 0 spiro atoms. The van der Waals surface area contributed by atoms with Crippen LogP contribution in [0.4, 0.5) is 14.9 Å². The van der Waals surface area contributed by atoms with Crippen molar-refractivity contribution < 1.29 is 27.9 Å². The number of rotatable bonds is 2. The van der Waals surface area contributed by atoms with Gasteiger partial charge in [0.25, 0.3) is 0 Å². The Balaban J connectivity index is 1.78. The number of benzene rings is 1. The average molecular weight is 411 g/mol. The van der Waals surface area contributed by atoms with Crippen molar-refractivity contribution in [3.8, 4) is 0 Å². The van der Waals surface area contributed by atoms with E-state index < -0.39 is 36.4 Å². The van der Waals surface area contributed by atoms with Gasteiger partial charge in [0.1, 0.15) is 11.3 Å². The third-order valence-electron chi connectivity index (χ3n) is 6.45. The summed E-state index contributed by atoms with van der Waals surface area (Å²) in [6, 6.07) is 4.72. The first-order chi connectivity index (χ1) is 14.0. The first-order valence-electron chi connectivity index (χ1n) is 9.93. The molecule has 1 fully saturated rings. The van der Waals surface area contributed by atoms with Gasteiger partial charge in [-0.3, -0.25) is 0 Å². The third kappa shape index (κ3) is 2.89. The van der Waals surface area contributed by atoms with E-state index in [0.717, 1.165) is 10.4 Å². The number of halogens is 1. The van der Waals surface area contributed by atoms with Crippen molar-refractivity contribution in [2.45, 2.75) is 52.0 Å². The summed E-state index contributed by atoms with van der Waals surface area (Å²) >= 11 is 0. The molecule has 0 N–H and O–H groups in total. The molecule has 1 atom stereocenters. The van der Waals surface area contributed by atoms with Crippen LogP contribution in [0, 0.1) is 6.92 Å². The fraction of sp³-hybridized carbons (Fsp3) is 0.409. The van der Waals surface area contributed by atoms with Crippen molar-refractivity contribution >= 4 is 35.9 Å². The highest BCUT2D eigenvalue weighted by Gasteiger charge is 2.53. The Morgan fingerprint density at radius 1 is 1.13 bits per heavy atom. The molecule has 156 valence electrons. The maximum atomic E-state index is 14.4. The van der Waals surface area contributed by atoms with E-state index in [1.54, 1.807) is 12.1 Å². The van der Waals surface area contributed by atoms with Crippen LogP contribution in [0.2, 0.25) is 0 Å². The van der Waals surface area contributed by atoms with Crippen molar-refractivity contribution in [3.05, 3.63) is 47.6 Å². The fourth-order valence-corrected chi connectivity index (χ4v) is 3.90. The van der Waals surface area contributed by atoms with Gasteiger partial charge in [-0.15, -0.1) is 4.90 Å². The summed E-state index contributed by atoms with van der Waals surface area (Å²) in [6.07, 6.45) is 2.85. The molecule has 4 rings (SSSR count). The minimum Gasteiger partial charge on any atom is -0.399 e. The second-order valence-corrected chi connectivity index (χ2v) is 8.81. The predicted molar refractivity (Wildman–Crippen MR) is 113 cm³/mol. The zero-order valence-corrected chi connectivity index (χ0v) is 18.0. The third-order valence-corrected chi connectivity index (χ3v) is 6.45. The van der Waals surface area contributed by atoms with Gasteiger partial charge in [-0.2, -0.15) is 9.37 Å². The zero-order chi connectivity index (χ0) is 22.0. The van der Waals surface area contributed by atoms with Gasteiger partial charge in [0.15, 0.2) is 11.9 Å². The van der Waals surface area contributed by atoms with Crippen LogP contribution in [-0.2, 0) is 14.1 Å². The molecular weight excluding hydrogens is 386 g/mol. The van der Waals surface area contributed by atoms with E-state index in [1.165, 1.54) is 29.9 Å². The topological polar surface area (TPSA) is 58.9 Å². The highest BCUT2D eigenvalue weighted by Crippen LogP contribution is 2.37. The lowest BCUT2D eigenvalue weighted by Crippen LogP contribution is -2.53. The number of nitrogens with zero attached hydrogens (tertiary/aromatic N) is 2. The van der Waals surface area contributed by atoms with Crippen molar-refractivity contribution in [2.24, 2.45) is 0 Å². The Morgan fingerprint density at radius 3 is 2.40 bits per heavy atom. The average Bonchev–Trinajstić information content (AvgIpc) is 2.88. The Hall–Kier alpha value is -2.58. The molecule has 6 nitrogen and oxygen atoms in total. The van der Waals surface area contributed by atoms with Gasteiger partial charge >= 0.3 is 19.1 Å². The SMILES string of the molecule is Cc1c(B2OC(C)(C)C(C)(C)O2)cccc1N1C(=O)C2=CC=CC(F)C2=[N+](C)C1=O. The van der Waals surface area contributed by atoms with Crippen LogP contribution in [0.25, 0.3) is 0 Å². The molecule has 0 saturated carbocycles. The molecule has 2 heterocycles. The molecule has 3 amide bonds. The zero-order valence-electron chi connectivity index (χ0n) is 18.0. The molecule has 1 aromatic carbocycles. The highest BCUT2D eigenvalue weighted by atomic mass is 19.1. The number of anilines is 1.